The number of aromatic amines is 1. The van der Waals surface area contributed by atoms with Crippen molar-refractivity contribution >= 4 is 23.1 Å². The number of benzene rings is 1. The maximum Gasteiger partial charge on any atom is 0.471 e. The number of pyridine rings is 1. The molecule has 0 radical (unpaired) electrons. The Morgan fingerprint density at radius 2 is 1.90 bits per heavy atom. The molecule has 5 nitrogen and oxygen atoms in total. The van der Waals surface area contributed by atoms with E-state index < -0.39 is 18.1 Å². The number of halogens is 3. The second-order valence-corrected chi connectivity index (χ2v) is 8.39. The second-order valence-electron chi connectivity index (χ2n) is 8.39. The Hall–Kier alpha value is -3.16. The van der Waals surface area contributed by atoms with Gasteiger partial charge in [0.15, 0.2) is 18.2 Å². The van der Waals surface area contributed by atoms with Crippen molar-refractivity contribution in [2.75, 3.05) is 10.2 Å². The fourth-order valence-corrected chi connectivity index (χ4v) is 4.24. The molecule has 1 aromatic heterocycles. The number of nitrogens with zero attached hydrogens (tertiary/aromatic N) is 1. The van der Waals surface area contributed by atoms with Crippen LogP contribution in [0.4, 0.5) is 24.5 Å². The van der Waals surface area contributed by atoms with Gasteiger partial charge in [-0.15, -0.1) is 0 Å². The number of allylic oxidation sites excluding steroid dienone is 1. The summed E-state index contributed by atoms with van der Waals surface area (Å²) in [6.45, 7) is 3.88. The van der Waals surface area contributed by atoms with E-state index in [-0.39, 0.29) is 28.9 Å². The minimum atomic E-state index is -5.11. The fourth-order valence-electron chi connectivity index (χ4n) is 4.24. The van der Waals surface area contributed by atoms with Crippen LogP contribution >= 0.6 is 0 Å². The molecule has 0 fully saturated rings. The number of Topliss-reactive ketones (excluding diaryl/α,β-unsaturated/α-hetero) is 1. The van der Waals surface area contributed by atoms with Gasteiger partial charge in [-0.05, 0) is 30.0 Å². The molecule has 2 aliphatic rings. The lowest BCUT2D eigenvalue weighted by atomic mass is 9.73. The molecule has 1 aliphatic carbocycles. The van der Waals surface area contributed by atoms with Crippen molar-refractivity contribution in [3.8, 4) is 0 Å². The van der Waals surface area contributed by atoms with Crippen LogP contribution < -0.4 is 15.2 Å². The van der Waals surface area contributed by atoms with Crippen molar-refractivity contribution in [2.45, 2.75) is 38.9 Å². The lowest BCUT2D eigenvalue weighted by Gasteiger charge is -2.36. The minimum Gasteiger partial charge on any atom is -0.357 e. The molecule has 30 heavy (non-hydrogen) atoms. The van der Waals surface area contributed by atoms with Gasteiger partial charge in [-0.2, -0.15) is 13.2 Å². The summed E-state index contributed by atoms with van der Waals surface area (Å²) in [5.41, 5.74) is 1.23. The van der Waals surface area contributed by atoms with Gasteiger partial charge >= 0.3 is 12.1 Å². The summed E-state index contributed by atoms with van der Waals surface area (Å²) in [5.74, 6) is -2.28. The largest absolute Gasteiger partial charge is 0.471 e. The van der Waals surface area contributed by atoms with Gasteiger partial charge in [0.1, 0.15) is 0 Å². The molecule has 1 aromatic carbocycles. The van der Waals surface area contributed by atoms with Crippen molar-refractivity contribution in [3.05, 3.63) is 65.6 Å². The summed E-state index contributed by atoms with van der Waals surface area (Å²) in [4.78, 5) is 29.4. The van der Waals surface area contributed by atoms with E-state index in [0.29, 0.717) is 28.3 Å². The fraction of sp³-hybridized carbons (Fsp3) is 0.318. The Morgan fingerprint density at radius 3 is 2.57 bits per heavy atom. The van der Waals surface area contributed by atoms with Crippen molar-refractivity contribution in [1.82, 2.24) is 0 Å². The number of para-hydroxylation sites is 2. The number of carbonyl (C=O) groups excluding carboxylic acids is 2. The number of H-pyrrole nitrogens is 1. The van der Waals surface area contributed by atoms with Gasteiger partial charge in [0.2, 0.25) is 0 Å². The first-order valence-corrected chi connectivity index (χ1v) is 9.57. The Morgan fingerprint density at radius 1 is 1.17 bits per heavy atom. The van der Waals surface area contributed by atoms with Gasteiger partial charge in [-0.3, -0.25) is 14.5 Å². The van der Waals surface area contributed by atoms with Crippen LogP contribution in [0.3, 0.4) is 0 Å². The van der Waals surface area contributed by atoms with Gasteiger partial charge in [-0.25, -0.2) is 4.98 Å². The normalized spacial score (nSPS) is 20.8. The van der Waals surface area contributed by atoms with Crippen LogP contribution in [0.1, 0.15) is 38.3 Å². The van der Waals surface area contributed by atoms with E-state index in [0.717, 1.165) is 0 Å². The summed E-state index contributed by atoms with van der Waals surface area (Å²) >= 11 is 0. The number of hydrogen-bond donors (Lipinski definition) is 1. The van der Waals surface area contributed by atoms with Crippen LogP contribution in [-0.4, -0.2) is 17.9 Å². The van der Waals surface area contributed by atoms with E-state index >= 15 is 0 Å². The average molecular weight is 416 g/mol. The zero-order valence-corrected chi connectivity index (χ0v) is 16.5. The Kier molecular flexibility index (Phi) is 4.67. The minimum absolute atomic E-state index is 0.0775. The first kappa shape index (κ1) is 20.1. The summed E-state index contributed by atoms with van der Waals surface area (Å²) in [7, 11) is 0. The molecule has 2 heterocycles. The lowest BCUT2D eigenvalue weighted by Crippen LogP contribution is -2.45. The van der Waals surface area contributed by atoms with Crippen molar-refractivity contribution in [3.63, 3.8) is 0 Å². The van der Waals surface area contributed by atoms with Crippen molar-refractivity contribution in [2.24, 2.45) is 5.41 Å². The number of anilines is 2. The number of fused-ring (bicyclic) bond motifs is 1. The monoisotopic (exact) mass is 416 g/mol. The molecule has 4 rings (SSSR count). The van der Waals surface area contributed by atoms with E-state index in [2.05, 4.69) is 10.3 Å². The Bertz CT molecular complexity index is 1050. The predicted molar refractivity (Wildman–Crippen MR) is 104 cm³/mol. The molecule has 1 aliphatic heterocycles. The molecule has 156 valence electrons. The highest BCUT2D eigenvalue weighted by Gasteiger charge is 2.50. The first-order valence-electron chi connectivity index (χ1n) is 9.57. The maximum atomic E-state index is 13.7. The van der Waals surface area contributed by atoms with Crippen LogP contribution in [0, 0.1) is 5.41 Å². The number of ketones is 1. The third-order valence-electron chi connectivity index (χ3n) is 5.41. The SMILES string of the molecule is CC1(C)CC(=O)C2=C(C1)Nc1ccccc1N(C(=O)C(F)(F)F)C2c1ccc[nH+]c1. The quantitative estimate of drug-likeness (QED) is 0.758. The zero-order chi connectivity index (χ0) is 21.7. The molecule has 1 atom stereocenters. The molecular weight excluding hydrogens is 395 g/mol. The summed E-state index contributed by atoms with van der Waals surface area (Å²) in [6, 6.07) is 8.36. The van der Waals surface area contributed by atoms with Gasteiger partial charge in [0.05, 0.1) is 17.4 Å². The van der Waals surface area contributed by atoms with Crippen LogP contribution in [0.25, 0.3) is 0 Å². The van der Waals surface area contributed by atoms with Gasteiger partial charge in [0, 0.05) is 29.3 Å². The van der Waals surface area contributed by atoms with Crippen molar-refractivity contribution < 1.29 is 27.7 Å². The zero-order valence-electron chi connectivity index (χ0n) is 16.5. The number of carbonyl (C=O) groups is 2. The molecule has 0 spiro atoms. The van der Waals surface area contributed by atoms with E-state index in [9.17, 15) is 22.8 Å². The smallest absolute Gasteiger partial charge is 0.357 e. The van der Waals surface area contributed by atoms with Crippen molar-refractivity contribution in [1.29, 1.82) is 0 Å². The molecular formula is C22H21F3N3O2+. The van der Waals surface area contributed by atoms with Crippen LogP contribution in [0.2, 0.25) is 0 Å². The lowest BCUT2D eigenvalue weighted by molar-refractivity contribution is -0.378. The highest BCUT2D eigenvalue weighted by molar-refractivity contribution is 6.07. The summed E-state index contributed by atoms with van der Waals surface area (Å²) < 4.78 is 41.0. The third-order valence-corrected chi connectivity index (χ3v) is 5.41. The number of nitrogens with one attached hydrogen (secondary N) is 2. The van der Waals surface area contributed by atoms with Gasteiger partial charge < -0.3 is 5.32 Å². The Balaban J connectivity index is 2.03. The molecule has 0 saturated heterocycles. The number of amides is 1. The molecule has 2 N–H and O–H groups in total. The van der Waals surface area contributed by atoms with Crippen LogP contribution in [0.5, 0.6) is 0 Å². The second kappa shape index (κ2) is 6.97. The number of alkyl halides is 3. The highest BCUT2D eigenvalue weighted by Crippen LogP contribution is 2.48. The standard InChI is InChI=1S/C22H20F3N3O2/c1-21(2)10-15-18(17(29)11-21)19(13-6-5-9-26-12-13)28(20(30)22(23,24)25)16-8-4-3-7-14(16)27-15/h3-9,12,19,27H,10-11H2,1-2H3/p+1. The number of rotatable bonds is 1. The van der Waals surface area contributed by atoms with Crippen LogP contribution in [-0.2, 0) is 9.59 Å². The molecule has 1 amide bonds. The molecule has 1 unspecified atom stereocenters. The Labute approximate surface area is 171 Å². The number of aromatic nitrogens is 1. The third kappa shape index (κ3) is 3.46. The molecule has 2 aromatic rings. The van der Waals surface area contributed by atoms with Crippen LogP contribution in [0.15, 0.2) is 60.1 Å². The first-order chi connectivity index (χ1) is 14.1. The summed E-state index contributed by atoms with van der Waals surface area (Å²) in [5, 5.41) is 3.17. The van der Waals surface area contributed by atoms with E-state index in [1.54, 1.807) is 36.5 Å². The average Bonchev–Trinajstić information content (AvgIpc) is 2.80. The topological polar surface area (TPSA) is 63.6 Å². The van der Waals surface area contributed by atoms with Gasteiger partial charge in [-0.1, -0.05) is 26.0 Å². The number of hydrogen-bond acceptors (Lipinski definition) is 3. The summed E-state index contributed by atoms with van der Waals surface area (Å²) in [6.07, 6.45) is -1.31. The molecule has 0 saturated carbocycles. The van der Waals surface area contributed by atoms with Gasteiger partial charge in [0.25, 0.3) is 0 Å². The molecule has 0 bridgehead atoms. The predicted octanol–water partition coefficient (Wildman–Crippen LogP) is 4.21. The van der Waals surface area contributed by atoms with E-state index in [4.69, 9.17) is 0 Å². The van der Waals surface area contributed by atoms with E-state index in [1.807, 2.05) is 13.8 Å². The molecule has 8 heteroatoms. The maximum absolute atomic E-state index is 13.7. The van der Waals surface area contributed by atoms with E-state index in [1.165, 1.54) is 12.3 Å². The highest BCUT2D eigenvalue weighted by atomic mass is 19.4.